The Kier molecular flexibility index (Phi) is 13.0. The number of carboxylic acids is 1. The zero-order valence-corrected chi connectivity index (χ0v) is 15.4. The number of aliphatic carboxylic acids is 1. The molecule has 0 aliphatic heterocycles. The Morgan fingerprint density at radius 1 is 1.18 bits per heavy atom. The molecule has 0 aromatic rings. The first-order chi connectivity index (χ1) is 7.69. The summed E-state index contributed by atoms with van der Waals surface area (Å²) in [6, 6.07) is 0. The van der Waals surface area contributed by atoms with Gasteiger partial charge in [0.15, 0.2) is 0 Å². The van der Waals surface area contributed by atoms with Gasteiger partial charge in [0.2, 0.25) is 0 Å². The van der Waals surface area contributed by atoms with Gasteiger partial charge in [-0.05, 0) is 0 Å². The van der Waals surface area contributed by atoms with Gasteiger partial charge in [-0.3, -0.25) is 4.79 Å². The average Bonchev–Trinajstić information content (AvgIpc) is 2.11. The average molecular weight is 352 g/mol. The van der Waals surface area contributed by atoms with Crippen LogP contribution in [0.5, 0.6) is 0 Å². The third-order valence-electron chi connectivity index (χ3n) is 2.39. The number of unbranched alkanes of at least 4 members (excludes halogenated alkanes) is 1. The van der Waals surface area contributed by atoms with Gasteiger partial charge in [-0.2, -0.15) is 0 Å². The third-order valence-corrected chi connectivity index (χ3v) is 9.28. The van der Waals surface area contributed by atoms with Crippen LogP contribution in [0.25, 0.3) is 0 Å². The number of hydrogen-bond donors (Lipinski definition) is 1. The molecule has 4 heteroatoms. The van der Waals surface area contributed by atoms with Gasteiger partial charge in [0.25, 0.3) is 5.97 Å². The second-order valence-electron chi connectivity index (χ2n) is 5.70. The molecule has 17 heavy (non-hydrogen) atoms. The van der Waals surface area contributed by atoms with Crippen molar-refractivity contribution >= 4 is 25.7 Å². The summed E-state index contributed by atoms with van der Waals surface area (Å²) in [6.07, 6.45) is 4.36. The summed E-state index contributed by atoms with van der Waals surface area (Å²) in [5.41, 5.74) is 0. The molecule has 0 bridgehead atoms. The van der Waals surface area contributed by atoms with E-state index < -0.39 is 25.7 Å². The minimum absolute atomic E-state index is 0.833. The molecule has 0 aromatic heterocycles. The second kappa shape index (κ2) is 11.3. The topological polar surface area (TPSA) is 37.3 Å². The molecule has 0 aliphatic carbocycles. The van der Waals surface area contributed by atoms with Crippen LogP contribution in [0, 0.1) is 0 Å². The van der Waals surface area contributed by atoms with Crippen LogP contribution in [0.1, 0.15) is 33.1 Å². The van der Waals surface area contributed by atoms with Crippen molar-refractivity contribution < 1.29 is 14.4 Å². The summed E-state index contributed by atoms with van der Waals surface area (Å²) in [4.78, 5) is 11.6. The van der Waals surface area contributed by atoms with Gasteiger partial charge < -0.3 is 5.11 Å². The summed E-state index contributed by atoms with van der Waals surface area (Å²) in [6.45, 7) is 4.76. The molecule has 0 heterocycles. The first-order valence-corrected chi connectivity index (χ1v) is 13.4. The van der Waals surface area contributed by atoms with Crippen LogP contribution in [0.2, 0.25) is 13.8 Å². The quantitative estimate of drug-likeness (QED) is 0.565. The van der Waals surface area contributed by atoms with E-state index in [1.165, 1.54) is 25.8 Å². The molecule has 0 amide bonds. The van der Waals surface area contributed by atoms with Crippen molar-refractivity contribution in [2.45, 2.75) is 46.9 Å². The molecule has 0 rings (SSSR count). The van der Waals surface area contributed by atoms with E-state index in [-0.39, 0.29) is 0 Å². The molecule has 0 unspecified atom stereocenters. The molecule has 3 nitrogen and oxygen atoms in total. The molecule has 0 aliphatic rings. The molecule has 1 N–H and O–H groups in total. The van der Waals surface area contributed by atoms with Gasteiger partial charge in [0.05, 0.1) is 0 Å². The Balaban J connectivity index is 0. The summed E-state index contributed by atoms with van der Waals surface area (Å²) < 4.78 is 4.37. The molecule has 0 atom stereocenters. The van der Waals surface area contributed by atoms with Crippen molar-refractivity contribution in [1.82, 2.24) is 0 Å². The van der Waals surface area contributed by atoms with Gasteiger partial charge in [-0.25, -0.2) is 0 Å². The Morgan fingerprint density at radius 2 is 1.59 bits per heavy atom. The minimum atomic E-state index is -0.842. The SMILES string of the molecule is CC(=O)O.CCC[CH2][Sn]([CH3])[CH2]CC[N+](C)(C)C. The second-order valence-corrected chi connectivity index (χ2v) is 14.0. The molecular formula is C13H31NO2Sn+. The number of carboxylic acid groups (broad SMARTS) is 1. The van der Waals surface area contributed by atoms with Crippen LogP contribution in [0.3, 0.4) is 0 Å². The van der Waals surface area contributed by atoms with E-state index in [0.717, 1.165) is 11.4 Å². The van der Waals surface area contributed by atoms with Crippen molar-refractivity contribution in [3.63, 3.8) is 0 Å². The number of rotatable bonds is 7. The predicted octanol–water partition coefficient (Wildman–Crippen LogP) is 3.10. The zero-order valence-electron chi connectivity index (χ0n) is 12.5. The van der Waals surface area contributed by atoms with Gasteiger partial charge in [-0.1, -0.05) is 0 Å². The Morgan fingerprint density at radius 3 is 1.94 bits per heavy atom. The fourth-order valence-corrected chi connectivity index (χ4v) is 7.08. The first kappa shape index (κ1) is 19.6. The molecule has 0 saturated carbocycles. The zero-order chi connectivity index (χ0) is 13.9. The van der Waals surface area contributed by atoms with Crippen LogP contribution < -0.4 is 0 Å². The molecule has 0 aromatic carbocycles. The maximum absolute atomic E-state index is 9.00. The van der Waals surface area contributed by atoms with E-state index in [4.69, 9.17) is 9.90 Å². The van der Waals surface area contributed by atoms with Gasteiger partial charge in [0, 0.05) is 6.92 Å². The van der Waals surface area contributed by atoms with Gasteiger partial charge >= 0.3 is 91.9 Å². The number of nitrogens with zero attached hydrogens (tertiary/aromatic N) is 1. The van der Waals surface area contributed by atoms with Crippen molar-refractivity contribution in [1.29, 1.82) is 0 Å². The molecule has 0 fully saturated rings. The van der Waals surface area contributed by atoms with Crippen molar-refractivity contribution in [3.05, 3.63) is 0 Å². The molecule has 103 valence electrons. The molecule has 1 radical (unpaired) electrons. The molecule has 0 saturated heterocycles. The Hall–Kier alpha value is 0.229. The van der Waals surface area contributed by atoms with Crippen LogP contribution >= 0.6 is 0 Å². The van der Waals surface area contributed by atoms with E-state index in [2.05, 4.69) is 33.0 Å². The van der Waals surface area contributed by atoms with Crippen LogP contribution in [-0.2, 0) is 4.79 Å². The standard InChI is InChI=1S/C6H15N.C4H9.C2H4O2.CH3.Sn/c1-5-6-7(2,3)4;1-3-4-2;1-2(3)4;;/h1,5-6H2,2-4H3;1,3-4H2,2H3;1H3,(H,3,4);1H3;/q+1;;;;. The normalized spacial score (nSPS) is 11.0. The summed E-state index contributed by atoms with van der Waals surface area (Å²) in [5, 5.41) is 7.42. The first-order valence-electron chi connectivity index (χ1n) is 6.50. The van der Waals surface area contributed by atoms with Crippen LogP contribution in [-0.4, -0.2) is 63.0 Å². The fourth-order valence-electron chi connectivity index (χ4n) is 1.46. The summed E-state index contributed by atoms with van der Waals surface area (Å²) in [7, 11) is 6.89. The van der Waals surface area contributed by atoms with Gasteiger partial charge in [0.1, 0.15) is 0 Å². The van der Waals surface area contributed by atoms with Crippen LogP contribution in [0.15, 0.2) is 0 Å². The monoisotopic (exact) mass is 353 g/mol. The summed E-state index contributed by atoms with van der Waals surface area (Å²) >= 11 is -0.842. The van der Waals surface area contributed by atoms with Crippen molar-refractivity contribution in [3.8, 4) is 0 Å². The predicted molar refractivity (Wildman–Crippen MR) is 77.0 cm³/mol. The van der Waals surface area contributed by atoms with Crippen molar-refractivity contribution in [2.75, 3.05) is 27.7 Å². The summed E-state index contributed by atoms with van der Waals surface area (Å²) in [5.74, 6) is -0.833. The van der Waals surface area contributed by atoms with Gasteiger partial charge in [-0.15, -0.1) is 0 Å². The molecular weight excluding hydrogens is 321 g/mol. The Labute approximate surface area is 115 Å². The van der Waals surface area contributed by atoms with E-state index in [1.807, 2.05) is 0 Å². The fraction of sp³-hybridized carbons (Fsp3) is 0.923. The van der Waals surface area contributed by atoms with E-state index >= 15 is 0 Å². The van der Waals surface area contributed by atoms with E-state index in [9.17, 15) is 0 Å². The molecule has 0 spiro atoms. The maximum atomic E-state index is 9.00. The Bertz CT molecular complexity index is 186. The van der Waals surface area contributed by atoms with Crippen molar-refractivity contribution in [2.24, 2.45) is 0 Å². The number of hydrogen-bond acceptors (Lipinski definition) is 1. The third kappa shape index (κ3) is 26.1. The number of carbonyl (C=O) groups is 1. The van der Waals surface area contributed by atoms with E-state index in [0.29, 0.717) is 0 Å². The van der Waals surface area contributed by atoms with Crippen LogP contribution in [0.4, 0.5) is 0 Å². The number of quaternary nitrogens is 1. The van der Waals surface area contributed by atoms with E-state index in [1.54, 1.807) is 8.87 Å².